The van der Waals surface area contributed by atoms with Crippen LogP contribution in [-0.4, -0.2) is 17.6 Å². The van der Waals surface area contributed by atoms with Crippen LogP contribution in [0.1, 0.15) is 11.5 Å². The monoisotopic (exact) mass is 169 g/mol. The summed E-state index contributed by atoms with van der Waals surface area (Å²) < 4.78 is 4.82. The predicted octanol–water partition coefficient (Wildman–Crippen LogP) is -0.442. The van der Waals surface area contributed by atoms with Crippen LogP contribution in [0.25, 0.3) is 0 Å². The number of aromatic nitrogens is 1. The standard InChI is InChI=1S/C7H11N3O2/c1-5-2-6(10-12-5)3-9-4-7(8)11/h2,9H,3-4H2,1H3,(H2,8,11). The summed E-state index contributed by atoms with van der Waals surface area (Å²) in [7, 11) is 0. The minimum Gasteiger partial charge on any atom is -0.369 e. The first-order chi connectivity index (χ1) is 5.68. The van der Waals surface area contributed by atoms with Crippen LogP contribution in [0.15, 0.2) is 10.6 Å². The van der Waals surface area contributed by atoms with Crippen molar-refractivity contribution in [3.63, 3.8) is 0 Å². The minimum absolute atomic E-state index is 0.159. The Balaban J connectivity index is 2.29. The smallest absolute Gasteiger partial charge is 0.231 e. The van der Waals surface area contributed by atoms with E-state index < -0.39 is 0 Å². The second-order valence-electron chi connectivity index (χ2n) is 2.50. The first-order valence-corrected chi connectivity index (χ1v) is 3.59. The molecule has 12 heavy (non-hydrogen) atoms. The summed E-state index contributed by atoms with van der Waals surface area (Å²) in [6.45, 7) is 2.47. The molecule has 1 heterocycles. The molecule has 0 atom stereocenters. The summed E-state index contributed by atoms with van der Waals surface area (Å²) >= 11 is 0. The van der Waals surface area contributed by atoms with Crippen LogP contribution >= 0.6 is 0 Å². The van der Waals surface area contributed by atoms with Crippen molar-refractivity contribution in [2.45, 2.75) is 13.5 Å². The van der Waals surface area contributed by atoms with E-state index in [0.29, 0.717) is 6.54 Å². The Morgan fingerprint density at radius 3 is 3.08 bits per heavy atom. The van der Waals surface area contributed by atoms with Crippen LogP contribution in [0.5, 0.6) is 0 Å². The largest absolute Gasteiger partial charge is 0.369 e. The fraction of sp³-hybridized carbons (Fsp3) is 0.429. The Morgan fingerprint density at radius 1 is 1.83 bits per heavy atom. The molecular formula is C7H11N3O2. The molecule has 0 radical (unpaired) electrons. The number of carbonyl (C=O) groups is 1. The molecule has 0 saturated carbocycles. The van der Waals surface area contributed by atoms with Gasteiger partial charge in [-0.05, 0) is 6.92 Å². The Bertz CT molecular complexity index is 269. The van der Waals surface area contributed by atoms with E-state index in [1.807, 2.05) is 6.92 Å². The second kappa shape index (κ2) is 3.87. The lowest BCUT2D eigenvalue weighted by molar-refractivity contribution is -0.117. The topological polar surface area (TPSA) is 81.1 Å². The molecule has 5 nitrogen and oxygen atoms in total. The number of nitrogens with two attached hydrogens (primary N) is 1. The van der Waals surface area contributed by atoms with Gasteiger partial charge in [-0.2, -0.15) is 0 Å². The van der Waals surface area contributed by atoms with Gasteiger partial charge in [0, 0.05) is 12.6 Å². The maximum absolute atomic E-state index is 10.3. The molecule has 3 N–H and O–H groups in total. The lowest BCUT2D eigenvalue weighted by Crippen LogP contribution is -2.28. The van der Waals surface area contributed by atoms with Gasteiger partial charge >= 0.3 is 0 Å². The molecule has 1 amide bonds. The molecule has 66 valence electrons. The van der Waals surface area contributed by atoms with Crippen molar-refractivity contribution in [3.8, 4) is 0 Å². The van der Waals surface area contributed by atoms with Gasteiger partial charge in [0.25, 0.3) is 0 Å². The first kappa shape index (κ1) is 8.73. The molecule has 0 fully saturated rings. The van der Waals surface area contributed by atoms with Crippen molar-refractivity contribution in [1.29, 1.82) is 0 Å². The van der Waals surface area contributed by atoms with E-state index in [4.69, 9.17) is 10.3 Å². The Hall–Kier alpha value is -1.36. The van der Waals surface area contributed by atoms with Crippen molar-refractivity contribution in [1.82, 2.24) is 10.5 Å². The minimum atomic E-state index is -0.379. The number of hydrogen-bond acceptors (Lipinski definition) is 4. The number of carbonyl (C=O) groups excluding carboxylic acids is 1. The normalized spacial score (nSPS) is 10.1. The summed E-state index contributed by atoms with van der Waals surface area (Å²) in [6.07, 6.45) is 0. The molecule has 1 aromatic rings. The number of rotatable bonds is 4. The molecule has 0 aliphatic heterocycles. The molecule has 0 aromatic carbocycles. The third kappa shape index (κ3) is 2.71. The molecule has 0 aliphatic rings. The van der Waals surface area contributed by atoms with E-state index in [-0.39, 0.29) is 12.5 Å². The number of primary amides is 1. The molecule has 0 unspecified atom stereocenters. The van der Waals surface area contributed by atoms with E-state index in [9.17, 15) is 4.79 Å². The Kier molecular flexibility index (Phi) is 2.82. The fourth-order valence-corrected chi connectivity index (χ4v) is 0.815. The molecule has 0 bridgehead atoms. The third-order valence-corrected chi connectivity index (χ3v) is 1.28. The summed E-state index contributed by atoms with van der Waals surface area (Å²) in [6, 6.07) is 1.80. The van der Waals surface area contributed by atoms with Crippen LogP contribution in [-0.2, 0) is 11.3 Å². The average Bonchev–Trinajstić information content (AvgIpc) is 2.35. The lowest BCUT2D eigenvalue weighted by atomic mass is 10.4. The zero-order valence-electron chi connectivity index (χ0n) is 6.83. The van der Waals surface area contributed by atoms with Crippen molar-refractivity contribution in [2.24, 2.45) is 5.73 Å². The second-order valence-corrected chi connectivity index (χ2v) is 2.50. The van der Waals surface area contributed by atoms with Crippen molar-refractivity contribution >= 4 is 5.91 Å². The fourth-order valence-electron chi connectivity index (χ4n) is 0.815. The van der Waals surface area contributed by atoms with Gasteiger partial charge in [-0.25, -0.2) is 0 Å². The number of nitrogens with zero attached hydrogens (tertiary/aromatic N) is 1. The maximum Gasteiger partial charge on any atom is 0.231 e. The third-order valence-electron chi connectivity index (χ3n) is 1.28. The van der Waals surface area contributed by atoms with E-state index in [2.05, 4.69) is 10.5 Å². The van der Waals surface area contributed by atoms with E-state index in [1.54, 1.807) is 6.07 Å². The number of amides is 1. The quantitative estimate of drug-likeness (QED) is 0.640. The van der Waals surface area contributed by atoms with Gasteiger partial charge in [0.05, 0.1) is 12.2 Å². The van der Waals surface area contributed by atoms with Crippen LogP contribution in [0.4, 0.5) is 0 Å². The molecule has 0 saturated heterocycles. The highest BCUT2D eigenvalue weighted by atomic mass is 16.5. The van der Waals surface area contributed by atoms with E-state index in [1.165, 1.54) is 0 Å². The number of aryl methyl sites for hydroxylation is 1. The first-order valence-electron chi connectivity index (χ1n) is 3.59. The van der Waals surface area contributed by atoms with Gasteiger partial charge in [0.1, 0.15) is 5.76 Å². The highest BCUT2D eigenvalue weighted by molar-refractivity contribution is 5.75. The molecule has 1 aromatic heterocycles. The highest BCUT2D eigenvalue weighted by Crippen LogP contribution is 1.99. The highest BCUT2D eigenvalue weighted by Gasteiger charge is 1.99. The molecule has 5 heteroatoms. The van der Waals surface area contributed by atoms with Gasteiger partial charge in [-0.1, -0.05) is 5.16 Å². The predicted molar refractivity (Wildman–Crippen MR) is 42.1 cm³/mol. The molecule has 1 rings (SSSR count). The summed E-state index contributed by atoms with van der Waals surface area (Å²) in [5.74, 6) is 0.376. The van der Waals surface area contributed by atoms with Gasteiger partial charge in [-0.15, -0.1) is 0 Å². The van der Waals surface area contributed by atoms with Crippen molar-refractivity contribution in [3.05, 3.63) is 17.5 Å². The molecule has 0 aliphatic carbocycles. The molecular weight excluding hydrogens is 158 g/mol. The summed E-state index contributed by atoms with van der Waals surface area (Å²) in [5.41, 5.74) is 5.69. The van der Waals surface area contributed by atoms with Crippen molar-refractivity contribution in [2.75, 3.05) is 6.54 Å². The zero-order valence-corrected chi connectivity index (χ0v) is 6.83. The van der Waals surface area contributed by atoms with Crippen LogP contribution in [0, 0.1) is 6.92 Å². The number of hydrogen-bond donors (Lipinski definition) is 2. The zero-order chi connectivity index (χ0) is 8.97. The average molecular weight is 169 g/mol. The maximum atomic E-state index is 10.3. The van der Waals surface area contributed by atoms with Gasteiger partial charge < -0.3 is 15.6 Å². The van der Waals surface area contributed by atoms with E-state index >= 15 is 0 Å². The van der Waals surface area contributed by atoms with Crippen LogP contribution in [0.2, 0.25) is 0 Å². The SMILES string of the molecule is Cc1cc(CNCC(N)=O)no1. The lowest BCUT2D eigenvalue weighted by Gasteiger charge is -1.95. The summed E-state index contributed by atoms with van der Waals surface area (Å²) in [4.78, 5) is 10.3. The molecule has 0 spiro atoms. The Morgan fingerprint density at radius 2 is 2.58 bits per heavy atom. The van der Waals surface area contributed by atoms with Crippen LogP contribution in [0.3, 0.4) is 0 Å². The van der Waals surface area contributed by atoms with E-state index in [0.717, 1.165) is 11.5 Å². The van der Waals surface area contributed by atoms with Crippen LogP contribution < -0.4 is 11.1 Å². The van der Waals surface area contributed by atoms with Gasteiger partial charge in [-0.3, -0.25) is 4.79 Å². The van der Waals surface area contributed by atoms with Gasteiger partial charge in [0.15, 0.2) is 0 Å². The van der Waals surface area contributed by atoms with Gasteiger partial charge in [0.2, 0.25) is 5.91 Å². The van der Waals surface area contributed by atoms with Crippen molar-refractivity contribution < 1.29 is 9.32 Å². The Labute approximate surface area is 69.9 Å². The number of nitrogens with one attached hydrogen (secondary N) is 1. The summed E-state index contributed by atoms with van der Waals surface area (Å²) in [5, 5.41) is 6.54.